The molecule has 1 amide bonds. The molecule has 0 aliphatic carbocycles. The minimum Gasteiger partial charge on any atom is -0.481 e. The smallest absolute Gasteiger partial charge is 0.410 e. The first-order chi connectivity index (χ1) is 10.9. The number of hydrogen-bond acceptors (Lipinski definition) is 4. The van der Waals surface area contributed by atoms with Crippen LogP contribution in [0.5, 0.6) is 5.75 Å². The summed E-state index contributed by atoms with van der Waals surface area (Å²) < 4.78 is 10.9. The van der Waals surface area contributed by atoms with E-state index in [4.69, 9.17) is 15.9 Å². The van der Waals surface area contributed by atoms with Crippen LogP contribution in [0.15, 0.2) is 24.3 Å². The van der Waals surface area contributed by atoms with Gasteiger partial charge in [-0.15, -0.1) is 6.42 Å². The van der Waals surface area contributed by atoms with Gasteiger partial charge < -0.3 is 19.7 Å². The molecule has 5 nitrogen and oxygen atoms in total. The van der Waals surface area contributed by atoms with Crippen molar-refractivity contribution >= 4 is 6.09 Å². The van der Waals surface area contributed by atoms with Crippen molar-refractivity contribution in [2.45, 2.75) is 39.0 Å². The molecule has 0 spiro atoms. The van der Waals surface area contributed by atoms with Crippen molar-refractivity contribution in [3.8, 4) is 18.1 Å². The zero-order valence-corrected chi connectivity index (χ0v) is 14.0. The van der Waals surface area contributed by atoms with Crippen molar-refractivity contribution in [3.05, 3.63) is 29.8 Å². The normalized spacial score (nSPS) is 14.8. The van der Waals surface area contributed by atoms with Crippen LogP contribution in [-0.4, -0.2) is 42.3 Å². The Morgan fingerprint density at radius 2 is 2.09 bits per heavy atom. The summed E-state index contributed by atoms with van der Waals surface area (Å²) in [5.41, 5.74) is 0.599. The van der Waals surface area contributed by atoms with Crippen molar-refractivity contribution in [1.82, 2.24) is 10.2 Å². The molecule has 1 heterocycles. The summed E-state index contributed by atoms with van der Waals surface area (Å²) in [6.45, 7) is 7.85. The molecule has 5 heteroatoms. The van der Waals surface area contributed by atoms with Crippen LogP contribution in [0.25, 0.3) is 0 Å². The van der Waals surface area contributed by atoms with Crippen molar-refractivity contribution in [1.29, 1.82) is 0 Å². The molecular weight excluding hydrogens is 292 g/mol. The van der Waals surface area contributed by atoms with E-state index in [2.05, 4.69) is 11.2 Å². The molecule has 1 fully saturated rings. The summed E-state index contributed by atoms with van der Waals surface area (Å²) in [6, 6.07) is 8.06. The number of ether oxygens (including phenoxy) is 2. The molecule has 0 aromatic heterocycles. The molecular formula is C18H24N2O3. The third-order valence-corrected chi connectivity index (χ3v) is 3.40. The third kappa shape index (κ3) is 5.19. The van der Waals surface area contributed by atoms with Crippen LogP contribution >= 0.6 is 0 Å². The van der Waals surface area contributed by atoms with Gasteiger partial charge in [-0.25, -0.2) is 4.79 Å². The molecule has 0 unspecified atom stereocenters. The number of carbonyl (C=O) groups excluding carboxylic acids is 1. The molecule has 2 rings (SSSR count). The molecule has 0 saturated carbocycles. The molecule has 1 aromatic rings. The first-order valence-electron chi connectivity index (χ1n) is 7.74. The van der Waals surface area contributed by atoms with E-state index in [-0.39, 0.29) is 18.7 Å². The van der Waals surface area contributed by atoms with Crippen molar-refractivity contribution < 1.29 is 14.3 Å². The molecule has 23 heavy (non-hydrogen) atoms. The van der Waals surface area contributed by atoms with E-state index in [1.54, 1.807) is 4.90 Å². The van der Waals surface area contributed by atoms with Gasteiger partial charge in [0.25, 0.3) is 0 Å². The highest BCUT2D eigenvalue weighted by atomic mass is 16.6. The Hall–Kier alpha value is -2.19. The lowest BCUT2D eigenvalue weighted by atomic mass is 10.1. The summed E-state index contributed by atoms with van der Waals surface area (Å²) in [7, 11) is 0. The minimum atomic E-state index is -0.455. The minimum absolute atomic E-state index is 0.256. The van der Waals surface area contributed by atoms with Crippen molar-refractivity contribution in [3.63, 3.8) is 0 Å². The Morgan fingerprint density at radius 1 is 1.39 bits per heavy atom. The summed E-state index contributed by atoms with van der Waals surface area (Å²) in [4.78, 5) is 13.6. The van der Waals surface area contributed by atoms with Gasteiger partial charge in [0.1, 0.15) is 18.0 Å². The van der Waals surface area contributed by atoms with Crippen molar-refractivity contribution in [2.24, 2.45) is 0 Å². The fourth-order valence-electron chi connectivity index (χ4n) is 2.25. The predicted octanol–water partition coefficient (Wildman–Crippen LogP) is 2.41. The second kappa shape index (κ2) is 7.38. The van der Waals surface area contributed by atoms with Gasteiger partial charge in [-0.3, -0.25) is 0 Å². The van der Waals surface area contributed by atoms with E-state index in [1.807, 2.05) is 45.0 Å². The number of rotatable bonds is 5. The van der Waals surface area contributed by atoms with E-state index < -0.39 is 5.60 Å². The van der Waals surface area contributed by atoms with Crippen LogP contribution in [0.2, 0.25) is 0 Å². The molecule has 0 radical (unpaired) electrons. The lowest BCUT2D eigenvalue weighted by molar-refractivity contribution is 0.00516. The lowest BCUT2D eigenvalue weighted by Crippen LogP contribution is -2.60. The predicted molar refractivity (Wildman–Crippen MR) is 89.2 cm³/mol. The first kappa shape index (κ1) is 17.2. The van der Waals surface area contributed by atoms with Gasteiger partial charge in [-0.1, -0.05) is 24.1 Å². The van der Waals surface area contributed by atoms with E-state index in [1.165, 1.54) is 0 Å². The number of nitrogens with one attached hydrogen (secondary N) is 1. The van der Waals surface area contributed by atoms with E-state index in [0.717, 1.165) is 11.3 Å². The zero-order chi connectivity index (χ0) is 16.9. The van der Waals surface area contributed by atoms with Gasteiger partial charge >= 0.3 is 6.09 Å². The topological polar surface area (TPSA) is 50.8 Å². The van der Waals surface area contributed by atoms with Gasteiger partial charge in [0.05, 0.1) is 0 Å². The maximum Gasteiger partial charge on any atom is 0.410 e. The second-order valence-corrected chi connectivity index (χ2v) is 6.56. The number of para-hydroxylation sites is 1. The van der Waals surface area contributed by atoms with Gasteiger partial charge in [-0.05, 0) is 26.8 Å². The van der Waals surface area contributed by atoms with Crippen LogP contribution in [0.3, 0.4) is 0 Å². The molecule has 1 aromatic carbocycles. The van der Waals surface area contributed by atoms with E-state index in [0.29, 0.717) is 19.6 Å². The number of benzene rings is 1. The summed E-state index contributed by atoms with van der Waals surface area (Å²) in [5, 5.41) is 3.42. The zero-order valence-electron chi connectivity index (χ0n) is 14.0. The summed E-state index contributed by atoms with van der Waals surface area (Å²) in [6.07, 6.45) is 4.97. The van der Waals surface area contributed by atoms with Crippen LogP contribution < -0.4 is 10.1 Å². The van der Waals surface area contributed by atoms with Gasteiger partial charge in [0, 0.05) is 31.2 Å². The molecule has 1 N–H and O–H groups in total. The largest absolute Gasteiger partial charge is 0.481 e. The Balaban J connectivity index is 1.77. The highest BCUT2D eigenvalue weighted by molar-refractivity contribution is 5.69. The van der Waals surface area contributed by atoms with Crippen LogP contribution in [0, 0.1) is 12.3 Å². The highest BCUT2D eigenvalue weighted by Gasteiger charge is 2.33. The number of nitrogens with zero attached hydrogens (tertiary/aromatic N) is 1. The quantitative estimate of drug-likeness (QED) is 0.848. The lowest BCUT2D eigenvalue weighted by Gasteiger charge is -2.40. The SMILES string of the molecule is C#CCOc1ccccc1CNC1CN(C(=O)OC(C)(C)C)C1. The monoisotopic (exact) mass is 316 g/mol. The fourth-order valence-corrected chi connectivity index (χ4v) is 2.25. The van der Waals surface area contributed by atoms with E-state index >= 15 is 0 Å². The number of likely N-dealkylation sites (tertiary alicyclic amines) is 1. The van der Waals surface area contributed by atoms with Crippen molar-refractivity contribution in [2.75, 3.05) is 19.7 Å². The Morgan fingerprint density at radius 3 is 2.74 bits per heavy atom. The summed E-state index contributed by atoms with van der Waals surface area (Å²) >= 11 is 0. The molecule has 1 aliphatic rings. The number of hydrogen-bond donors (Lipinski definition) is 1. The molecule has 1 saturated heterocycles. The Kier molecular flexibility index (Phi) is 5.51. The van der Waals surface area contributed by atoms with Crippen LogP contribution in [0.1, 0.15) is 26.3 Å². The average molecular weight is 316 g/mol. The third-order valence-electron chi connectivity index (χ3n) is 3.40. The van der Waals surface area contributed by atoms with Crippen LogP contribution in [0.4, 0.5) is 4.79 Å². The van der Waals surface area contributed by atoms with Gasteiger partial charge in [-0.2, -0.15) is 0 Å². The molecule has 0 atom stereocenters. The Bertz CT molecular complexity index is 581. The average Bonchev–Trinajstić information content (AvgIpc) is 2.42. The highest BCUT2D eigenvalue weighted by Crippen LogP contribution is 2.19. The fraction of sp³-hybridized carbons (Fsp3) is 0.500. The second-order valence-electron chi connectivity index (χ2n) is 6.56. The summed E-state index contributed by atoms with van der Waals surface area (Å²) in [5.74, 6) is 3.26. The molecule has 0 bridgehead atoms. The molecule has 124 valence electrons. The standard InChI is InChI=1S/C18H24N2O3/c1-5-10-22-16-9-7-6-8-14(16)11-19-15-12-20(13-15)17(21)23-18(2,3)4/h1,6-9,15,19H,10-13H2,2-4H3. The number of carbonyl (C=O) groups is 1. The first-order valence-corrected chi connectivity index (χ1v) is 7.74. The molecule has 1 aliphatic heterocycles. The maximum atomic E-state index is 11.9. The number of terminal acetylenes is 1. The Labute approximate surface area is 138 Å². The number of amides is 1. The maximum absolute atomic E-state index is 11.9. The van der Waals surface area contributed by atoms with Gasteiger partial charge in [0.2, 0.25) is 0 Å². The van der Waals surface area contributed by atoms with Gasteiger partial charge in [0.15, 0.2) is 0 Å². The van der Waals surface area contributed by atoms with Crippen LogP contribution in [-0.2, 0) is 11.3 Å². The van der Waals surface area contributed by atoms with E-state index in [9.17, 15) is 4.79 Å².